The molecule has 26 heavy (non-hydrogen) atoms. The smallest absolute Gasteiger partial charge is 0.244 e. The number of anilines is 1. The second-order valence-electron chi connectivity index (χ2n) is 6.15. The van der Waals surface area contributed by atoms with Gasteiger partial charge in [0.25, 0.3) is 0 Å². The summed E-state index contributed by atoms with van der Waals surface area (Å²) < 4.78 is 1.84. The summed E-state index contributed by atoms with van der Waals surface area (Å²) in [5.41, 5.74) is 3.52. The van der Waals surface area contributed by atoms with Crippen LogP contribution in [0.3, 0.4) is 0 Å². The van der Waals surface area contributed by atoms with E-state index in [-0.39, 0.29) is 18.4 Å². The number of nitrogens with zero attached hydrogens (tertiary/aromatic N) is 2. The summed E-state index contributed by atoms with van der Waals surface area (Å²) >= 11 is 0. The molecule has 6 heteroatoms. The van der Waals surface area contributed by atoms with Gasteiger partial charge in [-0.05, 0) is 36.8 Å². The van der Waals surface area contributed by atoms with Crippen molar-refractivity contribution in [3.63, 3.8) is 0 Å². The molecule has 2 aromatic carbocycles. The number of hydrogen-bond donors (Lipinski definition) is 2. The average Bonchev–Trinajstić information content (AvgIpc) is 2.97. The Hall–Kier alpha value is -3.15. The zero-order chi connectivity index (χ0) is 18.5. The van der Waals surface area contributed by atoms with Gasteiger partial charge in [-0.2, -0.15) is 0 Å². The molecule has 0 atom stereocenters. The molecule has 0 saturated heterocycles. The van der Waals surface area contributed by atoms with E-state index in [9.17, 15) is 9.59 Å². The number of nitrogens with one attached hydrogen (secondary N) is 2. The van der Waals surface area contributed by atoms with E-state index in [1.807, 2.05) is 60.0 Å². The van der Waals surface area contributed by atoms with E-state index in [1.165, 1.54) is 0 Å². The fourth-order valence-electron chi connectivity index (χ4n) is 2.81. The predicted molar refractivity (Wildman–Crippen MR) is 102 cm³/mol. The molecule has 0 radical (unpaired) electrons. The molecular formula is C20H22N4O2. The number of fused-ring (bicyclic) bond motifs is 1. The highest BCUT2D eigenvalue weighted by molar-refractivity contribution is 5.91. The van der Waals surface area contributed by atoms with Gasteiger partial charge in [0.1, 0.15) is 12.4 Å². The van der Waals surface area contributed by atoms with Crippen LogP contribution in [0.1, 0.15) is 24.7 Å². The highest BCUT2D eigenvalue weighted by Gasteiger charge is 2.14. The minimum atomic E-state index is -0.137. The number of aromatic nitrogens is 2. The predicted octanol–water partition coefficient (Wildman–Crippen LogP) is 3.01. The fraction of sp³-hybridized carbons (Fsp3) is 0.250. The van der Waals surface area contributed by atoms with Crippen molar-refractivity contribution < 1.29 is 9.59 Å². The Labute approximate surface area is 152 Å². The molecule has 2 amide bonds. The quantitative estimate of drug-likeness (QED) is 0.717. The van der Waals surface area contributed by atoms with E-state index in [0.29, 0.717) is 18.8 Å². The van der Waals surface area contributed by atoms with Crippen LogP contribution >= 0.6 is 0 Å². The van der Waals surface area contributed by atoms with Gasteiger partial charge in [-0.1, -0.05) is 31.2 Å². The van der Waals surface area contributed by atoms with E-state index in [0.717, 1.165) is 22.3 Å². The van der Waals surface area contributed by atoms with Gasteiger partial charge in [0, 0.05) is 12.1 Å². The van der Waals surface area contributed by atoms with Gasteiger partial charge < -0.3 is 15.2 Å². The zero-order valence-electron chi connectivity index (χ0n) is 15.0. The number of para-hydroxylation sites is 2. The second-order valence-corrected chi connectivity index (χ2v) is 6.15. The first-order chi connectivity index (χ1) is 12.6. The number of amides is 2. The molecule has 3 aromatic rings. The van der Waals surface area contributed by atoms with E-state index in [2.05, 4.69) is 15.6 Å². The van der Waals surface area contributed by atoms with Gasteiger partial charge in [0.2, 0.25) is 11.8 Å². The second kappa shape index (κ2) is 7.82. The van der Waals surface area contributed by atoms with E-state index in [1.54, 1.807) is 6.92 Å². The maximum absolute atomic E-state index is 12.5. The maximum atomic E-state index is 12.5. The lowest BCUT2D eigenvalue weighted by atomic mass is 10.2. The number of rotatable bonds is 6. The molecule has 0 aliphatic carbocycles. The summed E-state index contributed by atoms with van der Waals surface area (Å²) in [6, 6.07) is 15.3. The van der Waals surface area contributed by atoms with Crippen LogP contribution < -0.4 is 10.6 Å². The van der Waals surface area contributed by atoms with E-state index >= 15 is 0 Å². The summed E-state index contributed by atoms with van der Waals surface area (Å²) in [7, 11) is 0. The molecule has 0 saturated carbocycles. The number of carbonyl (C=O) groups is 2. The van der Waals surface area contributed by atoms with Crippen LogP contribution in [0, 0.1) is 6.92 Å². The Morgan fingerprint density at radius 3 is 2.65 bits per heavy atom. The van der Waals surface area contributed by atoms with Gasteiger partial charge >= 0.3 is 0 Å². The SMILES string of the molecule is CCC(=O)NCc1nc2ccccc2n1CC(=O)Nc1cccc(C)c1. The van der Waals surface area contributed by atoms with E-state index in [4.69, 9.17) is 0 Å². The van der Waals surface area contributed by atoms with Crippen molar-refractivity contribution in [3.8, 4) is 0 Å². The molecule has 1 aromatic heterocycles. The summed E-state index contributed by atoms with van der Waals surface area (Å²) in [6.07, 6.45) is 0.411. The minimum absolute atomic E-state index is 0.0483. The van der Waals surface area contributed by atoms with Crippen molar-refractivity contribution in [2.45, 2.75) is 33.4 Å². The number of benzene rings is 2. The van der Waals surface area contributed by atoms with Crippen LogP contribution in [0.15, 0.2) is 48.5 Å². The topological polar surface area (TPSA) is 76.0 Å². The molecular weight excluding hydrogens is 328 g/mol. The van der Waals surface area contributed by atoms with Crippen molar-refractivity contribution in [2.24, 2.45) is 0 Å². The summed E-state index contributed by atoms with van der Waals surface area (Å²) in [6.45, 7) is 4.20. The lowest BCUT2D eigenvalue weighted by molar-refractivity contribution is -0.121. The minimum Gasteiger partial charge on any atom is -0.349 e. The number of aryl methyl sites for hydroxylation is 1. The Kier molecular flexibility index (Phi) is 5.31. The van der Waals surface area contributed by atoms with Crippen LogP contribution in [0.4, 0.5) is 5.69 Å². The molecule has 0 bridgehead atoms. The fourth-order valence-corrected chi connectivity index (χ4v) is 2.81. The van der Waals surface area contributed by atoms with Crippen molar-refractivity contribution in [1.82, 2.24) is 14.9 Å². The van der Waals surface area contributed by atoms with Crippen LogP contribution in [0.25, 0.3) is 11.0 Å². The number of carbonyl (C=O) groups excluding carboxylic acids is 2. The van der Waals surface area contributed by atoms with Gasteiger partial charge in [-0.15, -0.1) is 0 Å². The van der Waals surface area contributed by atoms with Crippen LogP contribution in [-0.4, -0.2) is 21.4 Å². The highest BCUT2D eigenvalue weighted by Crippen LogP contribution is 2.17. The van der Waals surface area contributed by atoms with Crippen LogP contribution in [0.5, 0.6) is 0 Å². The number of hydrogen-bond acceptors (Lipinski definition) is 3. The van der Waals surface area contributed by atoms with E-state index < -0.39 is 0 Å². The molecule has 0 spiro atoms. The summed E-state index contributed by atoms with van der Waals surface area (Å²) in [5, 5.41) is 5.74. The van der Waals surface area contributed by atoms with Crippen molar-refractivity contribution >= 4 is 28.5 Å². The third-order valence-electron chi connectivity index (χ3n) is 4.10. The van der Waals surface area contributed by atoms with Gasteiger partial charge in [0.05, 0.1) is 17.6 Å². The Morgan fingerprint density at radius 1 is 1.08 bits per heavy atom. The Morgan fingerprint density at radius 2 is 1.88 bits per heavy atom. The maximum Gasteiger partial charge on any atom is 0.244 e. The molecule has 0 unspecified atom stereocenters. The summed E-state index contributed by atoms with van der Waals surface area (Å²) in [4.78, 5) is 28.7. The Balaban J connectivity index is 1.82. The first-order valence-corrected chi connectivity index (χ1v) is 8.64. The lowest BCUT2D eigenvalue weighted by Gasteiger charge is -2.11. The largest absolute Gasteiger partial charge is 0.349 e. The van der Waals surface area contributed by atoms with Crippen LogP contribution in [-0.2, 0) is 22.7 Å². The van der Waals surface area contributed by atoms with Crippen molar-refractivity contribution in [1.29, 1.82) is 0 Å². The molecule has 2 N–H and O–H groups in total. The zero-order valence-corrected chi connectivity index (χ0v) is 15.0. The lowest BCUT2D eigenvalue weighted by Crippen LogP contribution is -2.26. The molecule has 6 nitrogen and oxygen atoms in total. The molecule has 3 rings (SSSR count). The Bertz CT molecular complexity index is 946. The monoisotopic (exact) mass is 350 g/mol. The van der Waals surface area contributed by atoms with Gasteiger partial charge in [-0.25, -0.2) is 4.98 Å². The van der Waals surface area contributed by atoms with Gasteiger partial charge in [0.15, 0.2) is 0 Å². The first kappa shape index (κ1) is 17.7. The summed E-state index contributed by atoms with van der Waals surface area (Å²) in [5.74, 6) is 0.474. The first-order valence-electron chi connectivity index (χ1n) is 8.64. The average molecular weight is 350 g/mol. The third kappa shape index (κ3) is 4.08. The molecule has 0 aliphatic rings. The molecule has 134 valence electrons. The van der Waals surface area contributed by atoms with Gasteiger partial charge in [-0.3, -0.25) is 9.59 Å². The van der Waals surface area contributed by atoms with Crippen molar-refractivity contribution in [2.75, 3.05) is 5.32 Å². The standard InChI is InChI=1S/C20H22N4O2/c1-3-19(25)21-12-18-23-16-9-4-5-10-17(16)24(18)13-20(26)22-15-8-6-7-14(2)11-15/h4-11H,3,12-13H2,1-2H3,(H,21,25)(H,22,26). The highest BCUT2D eigenvalue weighted by atomic mass is 16.2. The molecule has 1 heterocycles. The van der Waals surface area contributed by atoms with Crippen molar-refractivity contribution in [3.05, 3.63) is 59.9 Å². The number of imidazole rings is 1. The normalized spacial score (nSPS) is 10.7. The molecule has 0 fully saturated rings. The third-order valence-corrected chi connectivity index (χ3v) is 4.10. The van der Waals surface area contributed by atoms with Crippen LogP contribution in [0.2, 0.25) is 0 Å². The molecule has 0 aliphatic heterocycles.